The number of hydrogen-bond donors (Lipinski definition) is 2. The highest BCUT2D eigenvalue weighted by molar-refractivity contribution is 5.94. The molecule has 0 saturated carbocycles. The highest BCUT2D eigenvalue weighted by Gasteiger charge is 2.14. The van der Waals surface area contributed by atoms with Crippen molar-refractivity contribution >= 4 is 5.91 Å². The standard InChI is InChI=1S/C15H17NO5/c1-19-13-6-5-10(8-14(13)20-2)15(18)16-9-11(17)12-4-3-7-21-12/h3-8,11,17H,9H2,1-2H3,(H,16,18). The first-order chi connectivity index (χ1) is 10.2. The van der Waals surface area contributed by atoms with Gasteiger partial charge in [-0.3, -0.25) is 4.79 Å². The minimum atomic E-state index is -0.885. The highest BCUT2D eigenvalue weighted by atomic mass is 16.5. The average molecular weight is 291 g/mol. The van der Waals surface area contributed by atoms with Crippen LogP contribution in [0.15, 0.2) is 41.0 Å². The second-order valence-electron chi connectivity index (χ2n) is 4.31. The summed E-state index contributed by atoms with van der Waals surface area (Å²) in [6.45, 7) is 0.0562. The number of benzene rings is 1. The molecule has 2 rings (SSSR count). The summed E-state index contributed by atoms with van der Waals surface area (Å²) in [7, 11) is 3.03. The van der Waals surface area contributed by atoms with Crippen molar-refractivity contribution in [2.24, 2.45) is 0 Å². The predicted octanol–water partition coefficient (Wildman–Crippen LogP) is 1.76. The first-order valence-corrected chi connectivity index (χ1v) is 6.37. The third-order valence-electron chi connectivity index (χ3n) is 2.97. The van der Waals surface area contributed by atoms with E-state index >= 15 is 0 Å². The number of carbonyl (C=O) groups is 1. The van der Waals surface area contributed by atoms with Crippen LogP contribution in [0.5, 0.6) is 11.5 Å². The Hall–Kier alpha value is -2.47. The summed E-state index contributed by atoms with van der Waals surface area (Å²) >= 11 is 0. The first-order valence-electron chi connectivity index (χ1n) is 6.37. The summed E-state index contributed by atoms with van der Waals surface area (Å²) < 4.78 is 15.3. The molecule has 2 aromatic rings. The molecule has 0 aliphatic carbocycles. The smallest absolute Gasteiger partial charge is 0.251 e. The second kappa shape index (κ2) is 6.81. The van der Waals surface area contributed by atoms with E-state index in [1.165, 1.54) is 20.5 Å². The molecular formula is C15H17NO5. The van der Waals surface area contributed by atoms with Gasteiger partial charge in [0.2, 0.25) is 0 Å². The number of furan rings is 1. The van der Waals surface area contributed by atoms with E-state index in [0.29, 0.717) is 22.8 Å². The number of methoxy groups -OCH3 is 2. The molecule has 112 valence electrons. The Labute approximate surface area is 122 Å². The van der Waals surface area contributed by atoms with Crippen LogP contribution in [0.1, 0.15) is 22.2 Å². The number of aliphatic hydroxyl groups excluding tert-OH is 1. The molecule has 0 radical (unpaired) electrons. The fraction of sp³-hybridized carbons (Fsp3) is 0.267. The van der Waals surface area contributed by atoms with E-state index in [4.69, 9.17) is 13.9 Å². The van der Waals surface area contributed by atoms with Gasteiger partial charge in [-0.2, -0.15) is 0 Å². The molecule has 6 heteroatoms. The molecule has 0 fully saturated rings. The third kappa shape index (κ3) is 3.55. The summed E-state index contributed by atoms with van der Waals surface area (Å²) in [4.78, 5) is 12.0. The summed E-state index contributed by atoms with van der Waals surface area (Å²) in [6.07, 6.45) is 0.582. The molecule has 1 atom stereocenters. The van der Waals surface area contributed by atoms with E-state index in [9.17, 15) is 9.90 Å². The molecule has 6 nitrogen and oxygen atoms in total. The fourth-order valence-corrected chi connectivity index (χ4v) is 1.85. The zero-order chi connectivity index (χ0) is 15.2. The van der Waals surface area contributed by atoms with Gasteiger partial charge in [-0.25, -0.2) is 0 Å². The number of rotatable bonds is 6. The molecule has 0 saturated heterocycles. The maximum atomic E-state index is 12.0. The zero-order valence-electron chi connectivity index (χ0n) is 11.8. The lowest BCUT2D eigenvalue weighted by Crippen LogP contribution is -2.28. The van der Waals surface area contributed by atoms with Crippen molar-refractivity contribution in [1.82, 2.24) is 5.32 Å². The van der Waals surface area contributed by atoms with Crippen LogP contribution in [0.25, 0.3) is 0 Å². The van der Waals surface area contributed by atoms with Gasteiger partial charge in [0.1, 0.15) is 11.9 Å². The highest BCUT2D eigenvalue weighted by Crippen LogP contribution is 2.27. The molecular weight excluding hydrogens is 274 g/mol. The molecule has 2 N–H and O–H groups in total. The Morgan fingerprint density at radius 3 is 2.67 bits per heavy atom. The van der Waals surface area contributed by atoms with Crippen molar-refractivity contribution in [3.05, 3.63) is 47.9 Å². The number of aliphatic hydroxyl groups is 1. The van der Waals surface area contributed by atoms with E-state index in [2.05, 4.69) is 5.32 Å². The van der Waals surface area contributed by atoms with Gasteiger partial charge in [0.25, 0.3) is 5.91 Å². The van der Waals surface area contributed by atoms with Gasteiger partial charge in [-0.15, -0.1) is 0 Å². The Balaban J connectivity index is 2.00. The van der Waals surface area contributed by atoms with Crippen molar-refractivity contribution < 1.29 is 23.8 Å². The lowest BCUT2D eigenvalue weighted by molar-refractivity contribution is 0.0900. The molecule has 1 heterocycles. The maximum Gasteiger partial charge on any atom is 0.251 e. The number of amides is 1. The summed E-state index contributed by atoms with van der Waals surface area (Å²) in [5, 5.41) is 12.5. The molecule has 21 heavy (non-hydrogen) atoms. The van der Waals surface area contributed by atoms with Crippen LogP contribution in [0.3, 0.4) is 0 Å². The van der Waals surface area contributed by atoms with Gasteiger partial charge < -0.3 is 24.3 Å². The fourth-order valence-electron chi connectivity index (χ4n) is 1.85. The van der Waals surface area contributed by atoms with Crippen LogP contribution in [0.2, 0.25) is 0 Å². The Morgan fingerprint density at radius 2 is 2.05 bits per heavy atom. The topological polar surface area (TPSA) is 80.9 Å². The largest absolute Gasteiger partial charge is 0.493 e. The first kappa shape index (κ1) is 14.9. The van der Waals surface area contributed by atoms with Crippen molar-refractivity contribution in [3.8, 4) is 11.5 Å². The molecule has 0 spiro atoms. The average Bonchev–Trinajstić information content (AvgIpc) is 3.06. The lowest BCUT2D eigenvalue weighted by Gasteiger charge is -2.11. The van der Waals surface area contributed by atoms with Crippen molar-refractivity contribution in [1.29, 1.82) is 0 Å². The second-order valence-corrected chi connectivity index (χ2v) is 4.31. The SMILES string of the molecule is COc1ccc(C(=O)NCC(O)c2ccco2)cc1OC. The van der Waals surface area contributed by atoms with Crippen LogP contribution < -0.4 is 14.8 Å². The van der Waals surface area contributed by atoms with Crippen molar-refractivity contribution in [2.75, 3.05) is 20.8 Å². The van der Waals surface area contributed by atoms with E-state index in [0.717, 1.165) is 0 Å². The predicted molar refractivity (Wildman–Crippen MR) is 75.5 cm³/mol. The maximum absolute atomic E-state index is 12.0. The summed E-state index contributed by atoms with van der Waals surface area (Å²) in [5.74, 6) is 1.10. The van der Waals surface area contributed by atoms with E-state index in [-0.39, 0.29) is 12.5 Å². The van der Waals surface area contributed by atoms with Gasteiger partial charge in [-0.1, -0.05) is 0 Å². The normalized spacial score (nSPS) is 11.8. The molecule has 0 aliphatic heterocycles. The molecule has 0 bridgehead atoms. The molecule has 1 unspecified atom stereocenters. The van der Waals surface area contributed by atoms with Gasteiger partial charge in [0.05, 0.1) is 27.0 Å². The minimum Gasteiger partial charge on any atom is -0.493 e. The van der Waals surface area contributed by atoms with E-state index in [1.54, 1.807) is 30.3 Å². The van der Waals surface area contributed by atoms with Crippen LogP contribution in [0.4, 0.5) is 0 Å². The minimum absolute atomic E-state index is 0.0562. The van der Waals surface area contributed by atoms with E-state index in [1.807, 2.05) is 0 Å². The molecule has 1 aromatic carbocycles. The van der Waals surface area contributed by atoms with Crippen LogP contribution in [0, 0.1) is 0 Å². The van der Waals surface area contributed by atoms with Crippen molar-refractivity contribution in [3.63, 3.8) is 0 Å². The van der Waals surface area contributed by atoms with Gasteiger partial charge in [0.15, 0.2) is 11.5 Å². The Kier molecular flexibility index (Phi) is 4.84. The Morgan fingerprint density at radius 1 is 1.29 bits per heavy atom. The number of ether oxygens (including phenoxy) is 2. The zero-order valence-corrected chi connectivity index (χ0v) is 11.8. The quantitative estimate of drug-likeness (QED) is 0.847. The summed E-state index contributed by atoms with van der Waals surface area (Å²) in [5.41, 5.74) is 0.416. The lowest BCUT2D eigenvalue weighted by atomic mass is 10.2. The number of hydrogen-bond acceptors (Lipinski definition) is 5. The number of carbonyl (C=O) groups excluding carboxylic acids is 1. The van der Waals surface area contributed by atoms with Crippen LogP contribution in [-0.2, 0) is 0 Å². The van der Waals surface area contributed by atoms with Gasteiger partial charge >= 0.3 is 0 Å². The Bertz CT molecular complexity index is 594. The van der Waals surface area contributed by atoms with E-state index < -0.39 is 6.10 Å². The van der Waals surface area contributed by atoms with Crippen LogP contribution in [-0.4, -0.2) is 31.8 Å². The van der Waals surface area contributed by atoms with Crippen molar-refractivity contribution in [2.45, 2.75) is 6.10 Å². The van der Waals surface area contributed by atoms with Gasteiger partial charge in [-0.05, 0) is 30.3 Å². The number of nitrogens with one attached hydrogen (secondary N) is 1. The summed E-state index contributed by atoms with van der Waals surface area (Å²) in [6, 6.07) is 8.17. The third-order valence-corrected chi connectivity index (χ3v) is 2.97. The van der Waals surface area contributed by atoms with Crippen LogP contribution >= 0.6 is 0 Å². The molecule has 1 amide bonds. The molecule has 1 aromatic heterocycles. The molecule has 0 aliphatic rings. The monoisotopic (exact) mass is 291 g/mol. The van der Waals surface area contributed by atoms with Gasteiger partial charge in [0, 0.05) is 5.56 Å².